The van der Waals surface area contributed by atoms with Crippen molar-refractivity contribution in [3.8, 4) is 11.6 Å². The van der Waals surface area contributed by atoms with Gasteiger partial charge in [-0.25, -0.2) is 0 Å². The van der Waals surface area contributed by atoms with E-state index in [9.17, 15) is 4.79 Å². The van der Waals surface area contributed by atoms with Gasteiger partial charge in [0, 0.05) is 17.8 Å². The maximum atomic E-state index is 12.4. The van der Waals surface area contributed by atoms with Crippen molar-refractivity contribution in [3.05, 3.63) is 53.5 Å². The third kappa shape index (κ3) is 3.47. The van der Waals surface area contributed by atoms with Gasteiger partial charge >= 0.3 is 0 Å². The summed E-state index contributed by atoms with van der Waals surface area (Å²) in [6.45, 7) is 4.22. The van der Waals surface area contributed by atoms with Gasteiger partial charge in [-0.3, -0.25) is 4.79 Å². The van der Waals surface area contributed by atoms with Gasteiger partial charge in [-0.05, 0) is 62.1 Å². The van der Waals surface area contributed by atoms with Crippen molar-refractivity contribution in [1.82, 2.24) is 14.8 Å². The highest BCUT2D eigenvalue weighted by Gasteiger charge is 2.29. The molecule has 1 aliphatic rings. The van der Waals surface area contributed by atoms with Crippen LogP contribution in [0.4, 0.5) is 5.69 Å². The van der Waals surface area contributed by atoms with Gasteiger partial charge in [0.05, 0.1) is 0 Å². The number of nitrogens with one attached hydrogen (secondary N) is 1. The first-order valence-electron chi connectivity index (χ1n) is 8.45. The molecule has 0 spiro atoms. The Bertz CT molecular complexity index is 901. The molecule has 0 atom stereocenters. The highest BCUT2D eigenvalue weighted by atomic mass is 16.4. The lowest BCUT2D eigenvalue weighted by molar-refractivity contribution is -0.116. The Morgan fingerprint density at radius 2 is 2.00 bits per heavy atom. The van der Waals surface area contributed by atoms with Gasteiger partial charge in [-0.2, -0.15) is 0 Å². The van der Waals surface area contributed by atoms with Crippen molar-refractivity contribution < 1.29 is 9.21 Å². The van der Waals surface area contributed by atoms with Crippen LogP contribution < -0.4 is 5.32 Å². The number of benzene rings is 1. The molecule has 2 aromatic heterocycles. The average Bonchev–Trinajstić information content (AvgIpc) is 3.09. The number of nitrogens with zero attached hydrogens (tertiary/aromatic N) is 3. The third-order valence-corrected chi connectivity index (χ3v) is 4.24. The predicted octanol–water partition coefficient (Wildman–Crippen LogP) is 3.67. The highest BCUT2D eigenvalue weighted by Crippen LogP contribution is 2.39. The number of aromatic nitrogens is 3. The summed E-state index contributed by atoms with van der Waals surface area (Å²) in [5.74, 6) is 1.48. The minimum absolute atomic E-state index is 0.0932. The zero-order valence-electron chi connectivity index (χ0n) is 14.3. The molecular formula is C19H20N4O2. The lowest BCUT2D eigenvalue weighted by Crippen LogP contribution is -2.19. The quantitative estimate of drug-likeness (QED) is 0.771. The van der Waals surface area contributed by atoms with Crippen LogP contribution in [-0.2, 0) is 11.3 Å². The number of hydrogen-bond acceptors (Lipinski definition) is 4. The zero-order valence-corrected chi connectivity index (χ0v) is 14.3. The second-order valence-electron chi connectivity index (χ2n) is 6.67. The van der Waals surface area contributed by atoms with Crippen molar-refractivity contribution >= 4 is 11.6 Å². The van der Waals surface area contributed by atoms with E-state index < -0.39 is 0 Å². The summed E-state index contributed by atoms with van der Waals surface area (Å²) >= 11 is 0. The SMILES string of the molecule is Cc1cc(C)cc(NC(=O)Cn2cccc2-c2nnc(C3CC3)o2)c1. The summed E-state index contributed by atoms with van der Waals surface area (Å²) in [5.41, 5.74) is 3.81. The van der Waals surface area contributed by atoms with E-state index in [0.717, 1.165) is 35.3 Å². The van der Waals surface area contributed by atoms with E-state index in [-0.39, 0.29) is 12.5 Å². The van der Waals surface area contributed by atoms with Crippen molar-refractivity contribution in [3.63, 3.8) is 0 Å². The van der Waals surface area contributed by atoms with E-state index in [0.29, 0.717) is 17.7 Å². The van der Waals surface area contributed by atoms with Crippen LogP contribution in [0.1, 0.15) is 35.8 Å². The Labute approximate surface area is 145 Å². The molecule has 0 radical (unpaired) electrons. The average molecular weight is 336 g/mol. The summed E-state index contributed by atoms with van der Waals surface area (Å²) in [4.78, 5) is 12.4. The highest BCUT2D eigenvalue weighted by molar-refractivity contribution is 5.91. The Kier molecular flexibility index (Phi) is 3.87. The summed E-state index contributed by atoms with van der Waals surface area (Å²) < 4.78 is 7.57. The summed E-state index contributed by atoms with van der Waals surface area (Å²) in [6, 6.07) is 9.75. The minimum atomic E-state index is -0.0932. The molecule has 0 bridgehead atoms. The van der Waals surface area contributed by atoms with Crippen molar-refractivity contribution in [2.24, 2.45) is 0 Å². The van der Waals surface area contributed by atoms with Crippen molar-refractivity contribution in [2.75, 3.05) is 5.32 Å². The number of carbonyl (C=O) groups is 1. The molecule has 6 heteroatoms. The number of anilines is 1. The van der Waals surface area contributed by atoms with E-state index >= 15 is 0 Å². The molecule has 1 aromatic carbocycles. The van der Waals surface area contributed by atoms with Crippen LogP contribution in [0.25, 0.3) is 11.6 Å². The van der Waals surface area contributed by atoms with E-state index in [4.69, 9.17) is 4.42 Å². The van der Waals surface area contributed by atoms with Crippen LogP contribution in [0.15, 0.2) is 40.9 Å². The molecule has 3 aromatic rings. The first-order chi connectivity index (χ1) is 12.1. The molecule has 1 aliphatic carbocycles. The number of amides is 1. The number of rotatable bonds is 5. The van der Waals surface area contributed by atoms with E-state index in [1.165, 1.54) is 0 Å². The first kappa shape index (κ1) is 15.6. The lowest BCUT2D eigenvalue weighted by Gasteiger charge is -2.09. The van der Waals surface area contributed by atoms with Gasteiger partial charge in [0.15, 0.2) is 0 Å². The molecule has 0 saturated heterocycles. The van der Waals surface area contributed by atoms with E-state index in [1.807, 2.05) is 48.9 Å². The molecule has 0 unspecified atom stereocenters. The number of aryl methyl sites for hydroxylation is 2. The van der Waals surface area contributed by atoms with Crippen LogP contribution in [0.3, 0.4) is 0 Å². The standard InChI is InChI=1S/C19H20N4O2/c1-12-8-13(2)10-15(9-12)20-17(24)11-23-7-3-4-16(23)19-22-21-18(25-19)14-5-6-14/h3-4,7-10,14H,5-6,11H2,1-2H3,(H,20,24). The lowest BCUT2D eigenvalue weighted by atomic mass is 10.1. The van der Waals surface area contributed by atoms with Gasteiger partial charge in [-0.1, -0.05) is 6.07 Å². The molecule has 0 aliphatic heterocycles. The van der Waals surface area contributed by atoms with Crippen molar-refractivity contribution in [1.29, 1.82) is 0 Å². The second kappa shape index (κ2) is 6.20. The number of hydrogen-bond donors (Lipinski definition) is 1. The Hall–Kier alpha value is -2.89. The minimum Gasteiger partial charge on any atom is -0.419 e. The normalized spacial score (nSPS) is 13.8. The molecule has 1 fully saturated rings. The maximum absolute atomic E-state index is 12.4. The topological polar surface area (TPSA) is 73.0 Å². The molecule has 1 saturated carbocycles. The van der Waals surface area contributed by atoms with E-state index in [1.54, 1.807) is 0 Å². The molecule has 25 heavy (non-hydrogen) atoms. The maximum Gasteiger partial charge on any atom is 0.264 e. The predicted molar refractivity (Wildman–Crippen MR) is 94.2 cm³/mol. The molecule has 1 N–H and O–H groups in total. The van der Waals surface area contributed by atoms with Crippen LogP contribution in [0.2, 0.25) is 0 Å². The van der Waals surface area contributed by atoms with Crippen LogP contribution >= 0.6 is 0 Å². The van der Waals surface area contributed by atoms with Gasteiger partial charge in [-0.15, -0.1) is 10.2 Å². The molecule has 128 valence electrons. The molecular weight excluding hydrogens is 316 g/mol. The third-order valence-electron chi connectivity index (χ3n) is 4.24. The number of carbonyl (C=O) groups excluding carboxylic acids is 1. The van der Waals surface area contributed by atoms with Crippen LogP contribution in [-0.4, -0.2) is 20.7 Å². The fourth-order valence-electron chi connectivity index (χ4n) is 2.98. The Balaban J connectivity index is 1.49. The van der Waals surface area contributed by atoms with E-state index in [2.05, 4.69) is 21.6 Å². The smallest absolute Gasteiger partial charge is 0.264 e. The van der Waals surface area contributed by atoms with Gasteiger partial charge < -0.3 is 14.3 Å². The van der Waals surface area contributed by atoms with Crippen LogP contribution in [0.5, 0.6) is 0 Å². The first-order valence-corrected chi connectivity index (χ1v) is 8.45. The second-order valence-corrected chi connectivity index (χ2v) is 6.67. The fourth-order valence-corrected chi connectivity index (χ4v) is 2.98. The van der Waals surface area contributed by atoms with Gasteiger partial charge in [0.1, 0.15) is 12.2 Å². The summed E-state index contributed by atoms with van der Waals surface area (Å²) in [5, 5.41) is 11.2. The molecule has 1 amide bonds. The molecule has 6 nitrogen and oxygen atoms in total. The summed E-state index contributed by atoms with van der Waals surface area (Å²) in [6.07, 6.45) is 4.07. The van der Waals surface area contributed by atoms with Crippen LogP contribution in [0, 0.1) is 13.8 Å². The zero-order chi connectivity index (χ0) is 17.4. The largest absolute Gasteiger partial charge is 0.419 e. The summed E-state index contributed by atoms with van der Waals surface area (Å²) in [7, 11) is 0. The monoisotopic (exact) mass is 336 g/mol. The molecule has 2 heterocycles. The molecule has 4 rings (SSSR count). The van der Waals surface area contributed by atoms with Crippen molar-refractivity contribution in [2.45, 2.75) is 39.2 Å². The van der Waals surface area contributed by atoms with Gasteiger partial charge in [0.2, 0.25) is 11.8 Å². The fraction of sp³-hybridized carbons (Fsp3) is 0.316. The van der Waals surface area contributed by atoms with Gasteiger partial charge in [0.25, 0.3) is 5.89 Å². The Morgan fingerprint density at radius 3 is 2.72 bits per heavy atom. The Morgan fingerprint density at radius 1 is 1.24 bits per heavy atom.